The standard InChI is InChI=1S/C20H20N2O/c1-13-11-14(2)19(15(3)12-13)22-20(23)21-18-10-6-8-16-7-4-5-9-17(16)18/h4-12H,1-3H3,(H2,21,22,23). The number of aryl methyl sites for hydroxylation is 3. The highest BCUT2D eigenvalue weighted by atomic mass is 16.2. The third-order valence-corrected chi connectivity index (χ3v) is 3.95. The van der Waals surface area contributed by atoms with Crippen LogP contribution in [0.25, 0.3) is 10.8 Å². The van der Waals surface area contributed by atoms with E-state index in [2.05, 4.69) is 29.7 Å². The van der Waals surface area contributed by atoms with Crippen LogP contribution in [0.5, 0.6) is 0 Å². The number of benzene rings is 3. The summed E-state index contributed by atoms with van der Waals surface area (Å²) in [5, 5.41) is 8.06. The summed E-state index contributed by atoms with van der Waals surface area (Å²) in [5.41, 5.74) is 5.00. The second kappa shape index (κ2) is 6.13. The molecule has 0 aliphatic carbocycles. The van der Waals surface area contributed by atoms with Crippen LogP contribution in [-0.4, -0.2) is 6.03 Å². The van der Waals surface area contributed by atoms with Gasteiger partial charge in [0.25, 0.3) is 0 Å². The predicted molar refractivity (Wildman–Crippen MR) is 97.2 cm³/mol. The molecule has 0 atom stereocenters. The van der Waals surface area contributed by atoms with E-state index in [1.54, 1.807) is 0 Å². The molecular weight excluding hydrogens is 284 g/mol. The fraction of sp³-hybridized carbons (Fsp3) is 0.150. The van der Waals surface area contributed by atoms with Crippen LogP contribution in [0.1, 0.15) is 16.7 Å². The SMILES string of the molecule is Cc1cc(C)c(NC(=O)Nc2cccc3ccccc23)c(C)c1. The quantitative estimate of drug-likeness (QED) is 0.653. The molecule has 0 unspecified atom stereocenters. The number of amides is 2. The summed E-state index contributed by atoms with van der Waals surface area (Å²) in [4.78, 5) is 12.4. The normalized spacial score (nSPS) is 10.6. The minimum Gasteiger partial charge on any atom is -0.307 e. The lowest BCUT2D eigenvalue weighted by atomic mass is 10.1. The van der Waals surface area contributed by atoms with Gasteiger partial charge < -0.3 is 10.6 Å². The molecule has 2 N–H and O–H groups in total. The van der Waals surface area contributed by atoms with E-state index in [0.29, 0.717) is 0 Å². The molecule has 0 radical (unpaired) electrons. The van der Waals surface area contributed by atoms with Gasteiger partial charge in [-0.2, -0.15) is 0 Å². The molecule has 116 valence electrons. The van der Waals surface area contributed by atoms with Crippen molar-refractivity contribution < 1.29 is 4.79 Å². The van der Waals surface area contributed by atoms with Crippen LogP contribution in [-0.2, 0) is 0 Å². The van der Waals surface area contributed by atoms with Crippen LogP contribution in [0.15, 0.2) is 54.6 Å². The Kier molecular flexibility index (Phi) is 4.02. The molecule has 3 aromatic carbocycles. The van der Waals surface area contributed by atoms with Crippen molar-refractivity contribution in [2.75, 3.05) is 10.6 Å². The van der Waals surface area contributed by atoms with Crippen molar-refractivity contribution in [2.45, 2.75) is 20.8 Å². The fourth-order valence-corrected chi connectivity index (χ4v) is 2.98. The topological polar surface area (TPSA) is 41.1 Å². The average molecular weight is 304 g/mol. The minimum atomic E-state index is -0.226. The van der Waals surface area contributed by atoms with E-state index >= 15 is 0 Å². The molecule has 0 saturated carbocycles. The number of nitrogens with one attached hydrogen (secondary N) is 2. The van der Waals surface area contributed by atoms with Gasteiger partial charge in [0.1, 0.15) is 0 Å². The van der Waals surface area contributed by atoms with E-state index in [9.17, 15) is 4.79 Å². The maximum Gasteiger partial charge on any atom is 0.323 e. The fourth-order valence-electron chi connectivity index (χ4n) is 2.98. The zero-order valence-electron chi connectivity index (χ0n) is 13.6. The van der Waals surface area contributed by atoms with Crippen LogP contribution >= 0.6 is 0 Å². The first kappa shape index (κ1) is 15.1. The van der Waals surface area contributed by atoms with Crippen molar-refractivity contribution in [2.24, 2.45) is 0 Å². The van der Waals surface area contributed by atoms with E-state index < -0.39 is 0 Å². The van der Waals surface area contributed by atoms with Gasteiger partial charge in [0.05, 0.1) is 5.69 Å². The van der Waals surface area contributed by atoms with Gasteiger partial charge in [-0.25, -0.2) is 4.79 Å². The third kappa shape index (κ3) is 3.19. The summed E-state index contributed by atoms with van der Waals surface area (Å²) in [7, 11) is 0. The Hall–Kier alpha value is -2.81. The van der Waals surface area contributed by atoms with E-state index in [4.69, 9.17) is 0 Å². The summed E-state index contributed by atoms with van der Waals surface area (Å²) < 4.78 is 0. The van der Waals surface area contributed by atoms with Crippen LogP contribution in [0, 0.1) is 20.8 Å². The van der Waals surface area contributed by atoms with Crippen molar-refractivity contribution in [3.8, 4) is 0 Å². The zero-order valence-corrected chi connectivity index (χ0v) is 13.6. The Balaban J connectivity index is 1.85. The van der Waals surface area contributed by atoms with Crippen molar-refractivity contribution in [1.29, 1.82) is 0 Å². The molecule has 3 aromatic rings. The van der Waals surface area contributed by atoms with Gasteiger partial charge in [0.15, 0.2) is 0 Å². The first-order valence-corrected chi connectivity index (χ1v) is 7.68. The predicted octanol–water partition coefficient (Wildman–Crippen LogP) is 5.41. The number of hydrogen-bond donors (Lipinski definition) is 2. The Bertz CT molecular complexity index is 855. The summed E-state index contributed by atoms with van der Waals surface area (Å²) in [6, 6.07) is 17.8. The Labute approximate surface area is 136 Å². The molecule has 0 aliphatic rings. The molecule has 0 aromatic heterocycles. The van der Waals surface area contributed by atoms with Gasteiger partial charge in [0, 0.05) is 11.1 Å². The van der Waals surface area contributed by atoms with Crippen LogP contribution in [0.4, 0.5) is 16.2 Å². The number of hydrogen-bond acceptors (Lipinski definition) is 1. The number of fused-ring (bicyclic) bond motifs is 1. The van der Waals surface area contributed by atoms with Gasteiger partial charge in [0.2, 0.25) is 0 Å². The summed E-state index contributed by atoms with van der Waals surface area (Å²) in [5.74, 6) is 0. The number of carbonyl (C=O) groups is 1. The summed E-state index contributed by atoms with van der Waals surface area (Å²) in [6.45, 7) is 6.07. The lowest BCUT2D eigenvalue weighted by molar-refractivity contribution is 0.262. The van der Waals surface area contributed by atoms with Crippen LogP contribution in [0.3, 0.4) is 0 Å². The summed E-state index contributed by atoms with van der Waals surface area (Å²) in [6.07, 6.45) is 0. The Morgan fingerprint density at radius 1 is 0.826 bits per heavy atom. The molecular formula is C20H20N2O. The van der Waals surface area contributed by atoms with Gasteiger partial charge in [-0.1, -0.05) is 54.1 Å². The van der Waals surface area contributed by atoms with E-state index in [0.717, 1.165) is 33.3 Å². The minimum absolute atomic E-state index is 0.226. The maximum absolute atomic E-state index is 12.4. The first-order valence-electron chi connectivity index (χ1n) is 7.68. The molecule has 0 heterocycles. The van der Waals surface area contributed by atoms with Crippen molar-refractivity contribution in [3.63, 3.8) is 0 Å². The Morgan fingerprint density at radius 3 is 2.22 bits per heavy atom. The lowest BCUT2D eigenvalue weighted by Crippen LogP contribution is -2.20. The smallest absolute Gasteiger partial charge is 0.307 e. The molecule has 0 fully saturated rings. The molecule has 2 amide bonds. The molecule has 0 spiro atoms. The number of anilines is 2. The van der Waals surface area contributed by atoms with E-state index in [-0.39, 0.29) is 6.03 Å². The molecule has 3 nitrogen and oxygen atoms in total. The first-order chi connectivity index (χ1) is 11.0. The van der Waals surface area contributed by atoms with Crippen LogP contribution in [0.2, 0.25) is 0 Å². The molecule has 23 heavy (non-hydrogen) atoms. The molecule has 3 rings (SSSR count). The molecule has 0 saturated heterocycles. The molecule has 0 aliphatic heterocycles. The highest BCUT2D eigenvalue weighted by Gasteiger charge is 2.09. The third-order valence-electron chi connectivity index (χ3n) is 3.95. The largest absolute Gasteiger partial charge is 0.323 e. The lowest BCUT2D eigenvalue weighted by Gasteiger charge is -2.14. The molecule has 3 heteroatoms. The number of urea groups is 1. The number of carbonyl (C=O) groups excluding carboxylic acids is 1. The van der Waals surface area contributed by atoms with Crippen molar-refractivity contribution in [1.82, 2.24) is 0 Å². The molecule has 0 bridgehead atoms. The number of rotatable bonds is 2. The average Bonchev–Trinajstić information content (AvgIpc) is 2.51. The van der Waals surface area contributed by atoms with Gasteiger partial charge in [-0.05, 0) is 43.4 Å². The van der Waals surface area contributed by atoms with Gasteiger partial charge >= 0.3 is 6.03 Å². The highest BCUT2D eigenvalue weighted by molar-refractivity contribution is 6.06. The van der Waals surface area contributed by atoms with E-state index in [1.807, 2.05) is 56.3 Å². The van der Waals surface area contributed by atoms with E-state index in [1.165, 1.54) is 5.56 Å². The van der Waals surface area contributed by atoms with Gasteiger partial charge in [-0.3, -0.25) is 0 Å². The van der Waals surface area contributed by atoms with Crippen LogP contribution < -0.4 is 10.6 Å². The second-order valence-electron chi connectivity index (χ2n) is 5.88. The zero-order chi connectivity index (χ0) is 16.4. The maximum atomic E-state index is 12.4. The Morgan fingerprint density at radius 2 is 1.48 bits per heavy atom. The second-order valence-corrected chi connectivity index (χ2v) is 5.88. The van der Waals surface area contributed by atoms with Gasteiger partial charge in [-0.15, -0.1) is 0 Å². The van der Waals surface area contributed by atoms with Crippen molar-refractivity contribution in [3.05, 3.63) is 71.3 Å². The van der Waals surface area contributed by atoms with Crippen molar-refractivity contribution >= 4 is 28.2 Å². The summed E-state index contributed by atoms with van der Waals surface area (Å²) >= 11 is 0. The highest BCUT2D eigenvalue weighted by Crippen LogP contribution is 2.25. The monoisotopic (exact) mass is 304 g/mol.